The summed E-state index contributed by atoms with van der Waals surface area (Å²) < 4.78 is 108. The predicted molar refractivity (Wildman–Crippen MR) is 152 cm³/mol. The minimum absolute atomic E-state index is 0.0910. The number of nitrogens with zero attached hydrogens (tertiary/aromatic N) is 4. The first kappa shape index (κ1) is 33.0. The van der Waals surface area contributed by atoms with E-state index in [0.717, 1.165) is 18.2 Å². The summed E-state index contributed by atoms with van der Waals surface area (Å²) in [7, 11) is -4.19. The van der Waals surface area contributed by atoms with Gasteiger partial charge in [-0.15, -0.1) is 0 Å². The molecule has 0 atom stereocenters. The molecule has 16 heteroatoms. The van der Waals surface area contributed by atoms with Crippen LogP contribution in [0, 0.1) is 17.7 Å². The van der Waals surface area contributed by atoms with Crippen molar-refractivity contribution in [3.63, 3.8) is 0 Å². The first-order valence-corrected chi connectivity index (χ1v) is 15.8. The number of rotatable bonds is 10. The van der Waals surface area contributed by atoms with E-state index in [2.05, 4.69) is 15.1 Å². The Morgan fingerprint density at radius 3 is 2.17 bits per heavy atom. The van der Waals surface area contributed by atoms with E-state index in [9.17, 15) is 44.3 Å². The summed E-state index contributed by atoms with van der Waals surface area (Å²) in [5.74, 6) is -9.57. The van der Waals surface area contributed by atoms with Gasteiger partial charge in [-0.25, -0.2) is 27.5 Å². The van der Waals surface area contributed by atoms with E-state index in [0.29, 0.717) is 42.2 Å². The third kappa shape index (κ3) is 7.06. The Labute approximate surface area is 259 Å². The molecule has 0 unspecified atom stereocenters. The molecule has 0 spiro atoms. The molecule has 2 aliphatic carbocycles. The number of oxime groups is 1. The van der Waals surface area contributed by atoms with Gasteiger partial charge in [0.05, 0.1) is 16.6 Å². The molecule has 5 rings (SSSR count). The van der Waals surface area contributed by atoms with Crippen LogP contribution in [0.4, 0.5) is 32.2 Å². The Morgan fingerprint density at radius 2 is 1.63 bits per heavy atom. The third-order valence-electron chi connectivity index (χ3n) is 7.41. The summed E-state index contributed by atoms with van der Waals surface area (Å²) in [4.78, 5) is 39.5. The quantitative estimate of drug-likeness (QED) is 0.0833. The van der Waals surface area contributed by atoms with Gasteiger partial charge in [0.1, 0.15) is 17.3 Å². The molecule has 0 saturated heterocycles. The average Bonchev–Trinajstić information content (AvgIpc) is 3.94. The van der Waals surface area contributed by atoms with E-state index in [1.807, 2.05) is 0 Å². The number of amides is 1. The van der Waals surface area contributed by atoms with E-state index in [-0.39, 0.29) is 24.1 Å². The molecule has 2 aromatic heterocycles. The molecular weight excluding hydrogens is 642 g/mol. The van der Waals surface area contributed by atoms with Crippen molar-refractivity contribution in [1.82, 2.24) is 9.97 Å². The van der Waals surface area contributed by atoms with Gasteiger partial charge in [-0.1, -0.05) is 24.2 Å². The predicted octanol–water partition coefficient (Wildman–Crippen LogP) is 6.18. The number of hydrogen-bond donors (Lipinski definition) is 0. The standard InChI is InChI=1S/C30H26F6N4O5S/c1-2-46(43,44)23-14-20(18-7-10-22(31)11-8-18)15-38-26(23)27(39-45-28(42)19-5-6-19)40(25(41)13-17-3-4-17)24-12-9-21(16-37-24)29(32,33)30(34,35)36/h7-12,14-17,19H,2-6,13H2,1H3. The first-order chi connectivity index (χ1) is 21.6. The molecule has 244 valence electrons. The Hall–Kier alpha value is -4.34. The van der Waals surface area contributed by atoms with Gasteiger partial charge in [0.25, 0.3) is 0 Å². The van der Waals surface area contributed by atoms with Crippen LogP contribution in [-0.2, 0) is 30.2 Å². The van der Waals surface area contributed by atoms with E-state index >= 15 is 0 Å². The van der Waals surface area contributed by atoms with Crippen molar-refractivity contribution in [2.45, 2.75) is 56.0 Å². The Balaban J connectivity index is 1.69. The number of amidine groups is 1. The van der Waals surface area contributed by atoms with Crippen molar-refractivity contribution in [1.29, 1.82) is 0 Å². The zero-order valence-corrected chi connectivity index (χ0v) is 24.9. The van der Waals surface area contributed by atoms with Gasteiger partial charge < -0.3 is 4.84 Å². The smallest absolute Gasteiger partial charge is 0.316 e. The Kier molecular flexibility index (Phi) is 8.94. The lowest BCUT2D eigenvalue weighted by Crippen LogP contribution is -2.40. The zero-order chi connectivity index (χ0) is 33.4. The zero-order valence-electron chi connectivity index (χ0n) is 24.1. The fourth-order valence-electron chi connectivity index (χ4n) is 4.36. The number of carbonyl (C=O) groups is 2. The van der Waals surface area contributed by atoms with Gasteiger partial charge in [-0.2, -0.15) is 22.0 Å². The molecule has 1 amide bonds. The molecule has 3 aromatic rings. The van der Waals surface area contributed by atoms with Crippen LogP contribution in [0.5, 0.6) is 0 Å². The second-order valence-corrected chi connectivity index (χ2v) is 13.2. The summed E-state index contributed by atoms with van der Waals surface area (Å²) in [5, 5.41) is 3.84. The van der Waals surface area contributed by atoms with E-state index < -0.39 is 79.1 Å². The highest BCUT2D eigenvalue weighted by atomic mass is 32.2. The molecule has 2 aliphatic rings. The van der Waals surface area contributed by atoms with Crippen LogP contribution in [-0.4, -0.2) is 48.0 Å². The van der Waals surface area contributed by atoms with Crippen LogP contribution in [0.3, 0.4) is 0 Å². The number of carbonyl (C=O) groups excluding carboxylic acids is 2. The highest BCUT2D eigenvalue weighted by Gasteiger charge is 2.59. The summed E-state index contributed by atoms with van der Waals surface area (Å²) in [6.07, 6.45) is -2.28. The van der Waals surface area contributed by atoms with Crippen molar-refractivity contribution >= 4 is 33.4 Å². The maximum atomic E-state index is 14.0. The summed E-state index contributed by atoms with van der Waals surface area (Å²) >= 11 is 0. The normalized spacial score (nSPS) is 15.8. The lowest BCUT2D eigenvalue weighted by Gasteiger charge is -2.25. The fourth-order valence-corrected chi connectivity index (χ4v) is 5.42. The SMILES string of the molecule is CCS(=O)(=O)c1cc(-c2ccc(F)cc2)cnc1C(=NOC(=O)C1CC1)N(C(=O)CC1CC1)c1ccc(C(F)(F)C(F)(F)F)cn1. The van der Waals surface area contributed by atoms with E-state index in [1.54, 1.807) is 0 Å². The molecule has 1 aromatic carbocycles. The average molecular weight is 669 g/mol. The number of benzene rings is 1. The monoisotopic (exact) mass is 668 g/mol. The van der Waals surface area contributed by atoms with E-state index in [4.69, 9.17) is 4.84 Å². The van der Waals surface area contributed by atoms with Gasteiger partial charge in [-0.05, 0) is 67.5 Å². The third-order valence-corrected chi connectivity index (χ3v) is 9.15. The molecule has 0 radical (unpaired) electrons. The van der Waals surface area contributed by atoms with Crippen molar-refractivity contribution in [2.24, 2.45) is 17.0 Å². The van der Waals surface area contributed by atoms with E-state index in [1.165, 1.54) is 31.3 Å². The van der Waals surface area contributed by atoms with Gasteiger partial charge in [0.2, 0.25) is 11.7 Å². The lowest BCUT2D eigenvalue weighted by molar-refractivity contribution is -0.289. The molecule has 9 nitrogen and oxygen atoms in total. The number of sulfone groups is 1. The van der Waals surface area contributed by atoms with Crippen LogP contribution in [0.1, 0.15) is 50.3 Å². The van der Waals surface area contributed by atoms with Crippen LogP contribution < -0.4 is 4.90 Å². The molecule has 0 N–H and O–H groups in total. The molecule has 2 heterocycles. The second-order valence-electron chi connectivity index (χ2n) is 10.9. The molecular formula is C30H26F6N4O5S. The fraction of sp³-hybridized carbons (Fsp3) is 0.367. The number of alkyl halides is 5. The topological polar surface area (TPSA) is 119 Å². The van der Waals surface area contributed by atoms with Crippen molar-refractivity contribution in [3.8, 4) is 11.1 Å². The molecule has 0 bridgehead atoms. The van der Waals surface area contributed by atoms with Crippen LogP contribution in [0.2, 0.25) is 0 Å². The van der Waals surface area contributed by atoms with Crippen LogP contribution >= 0.6 is 0 Å². The number of hydrogen-bond acceptors (Lipinski definition) is 8. The summed E-state index contributed by atoms with van der Waals surface area (Å²) in [6, 6.07) is 7.42. The van der Waals surface area contributed by atoms with Crippen molar-refractivity contribution < 1.29 is 49.2 Å². The summed E-state index contributed by atoms with van der Waals surface area (Å²) in [6.45, 7) is 1.34. The highest BCUT2D eigenvalue weighted by molar-refractivity contribution is 7.91. The molecule has 2 saturated carbocycles. The highest BCUT2D eigenvalue weighted by Crippen LogP contribution is 2.44. The van der Waals surface area contributed by atoms with Crippen molar-refractivity contribution in [3.05, 3.63) is 71.9 Å². The van der Waals surface area contributed by atoms with Crippen LogP contribution in [0.25, 0.3) is 11.1 Å². The first-order valence-electron chi connectivity index (χ1n) is 14.1. The number of halogens is 6. The molecule has 0 aliphatic heterocycles. The number of anilines is 1. The van der Waals surface area contributed by atoms with Gasteiger partial charge >= 0.3 is 18.1 Å². The maximum absolute atomic E-state index is 14.0. The Morgan fingerprint density at radius 1 is 0.957 bits per heavy atom. The number of pyridine rings is 2. The summed E-state index contributed by atoms with van der Waals surface area (Å²) in [5.41, 5.74) is -1.37. The van der Waals surface area contributed by atoms with Crippen molar-refractivity contribution in [2.75, 3.05) is 10.7 Å². The minimum atomic E-state index is -5.93. The second kappa shape index (κ2) is 12.5. The number of aromatic nitrogens is 2. The van der Waals surface area contributed by atoms with Gasteiger partial charge in [0.15, 0.2) is 9.84 Å². The van der Waals surface area contributed by atoms with Gasteiger partial charge in [-0.3, -0.25) is 9.78 Å². The molecule has 2 fully saturated rings. The van der Waals surface area contributed by atoms with Crippen LogP contribution in [0.15, 0.2) is 64.9 Å². The largest absolute Gasteiger partial charge is 0.458 e. The maximum Gasteiger partial charge on any atom is 0.458 e. The lowest BCUT2D eigenvalue weighted by atomic mass is 10.1. The Bertz CT molecular complexity index is 1770. The molecule has 46 heavy (non-hydrogen) atoms. The minimum Gasteiger partial charge on any atom is -0.316 e. The van der Waals surface area contributed by atoms with Gasteiger partial charge in [0, 0.05) is 29.9 Å².